The average Bonchev–Trinajstić information content (AvgIpc) is 3.16. The van der Waals surface area contributed by atoms with Crippen LogP contribution in [0.2, 0.25) is 0 Å². The van der Waals surface area contributed by atoms with Gasteiger partial charge in [-0.1, -0.05) is 12.1 Å². The molecule has 27 heavy (non-hydrogen) atoms. The molecule has 2 fully saturated rings. The Bertz CT molecular complexity index is 743. The van der Waals surface area contributed by atoms with Crippen LogP contribution in [0.3, 0.4) is 0 Å². The van der Waals surface area contributed by atoms with Crippen LogP contribution in [0.15, 0.2) is 24.3 Å². The Labute approximate surface area is 160 Å². The molecule has 2 aliphatic rings. The molecule has 1 amide bonds. The number of carbonyl (C=O) groups excluding carboxylic acids is 1. The molecule has 0 saturated carbocycles. The Hall–Kier alpha value is -1.68. The SMILES string of the molecule is CS(=O)(=O)Nc1ccccc1C(=O)NCC(C1CCOC1)N1CCOCC1. The molecular formula is C18H27N3O5S. The van der Waals surface area contributed by atoms with Gasteiger partial charge >= 0.3 is 0 Å². The van der Waals surface area contributed by atoms with Crippen LogP contribution in [-0.2, 0) is 19.5 Å². The molecule has 0 aliphatic carbocycles. The van der Waals surface area contributed by atoms with Gasteiger partial charge in [0.2, 0.25) is 10.0 Å². The highest BCUT2D eigenvalue weighted by molar-refractivity contribution is 7.92. The van der Waals surface area contributed by atoms with Crippen molar-refractivity contribution in [2.45, 2.75) is 12.5 Å². The number of benzene rings is 1. The predicted octanol–water partition coefficient (Wildman–Crippen LogP) is 0.525. The fourth-order valence-electron chi connectivity index (χ4n) is 3.62. The van der Waals surface area contributed by atoms with Crippen LogP contribution in [0.1, 0.15) is 16.8 Å². The van der Waals surface area contributed by atoms with E-state index in [9.17, 15) is 13.2 Å². The predicted molar refractivity (Wildman–Crippen MR) is 102 cm³/mol. The summed E-state index contributed by atoms with van der Waals surface area (Å²) in [5.41, 5.74) is 0.593. The molecule has 150 valence electrons. The molecule has 9 heteroatoms. The lowest BCUT2D eigenvalue weighted by Gasteiger charge is -2.37. The third kappa shape index (κ3) is 5.65. The van der Waals surface area contributed by atoms with Gasteiger partial charge in [0.15, 0.2) is 0 Å². The van der Waals surface area contributed by atoms with Crippen molar-refractivity contribution >= 4 is 21.6 Å². The van der Waals surface area contributed by atoms with Gasteiger partial charge < -0.3 is 14.8 Å². The lowest BCUT2D eigenvalue weighted by molar-refractivity contribution is 0.00167. The Balaban J connectivity index is 1.69. The van der Waals surface area contributed by atoms with Gasteiger partial charge in [-0.2, -0.15) is 0 Å². The number of sulfonamides is 1. The first-order valence-electron chi connectivity index (χ1n) is 9.18. The van der Waals surface area contributed by atoms with Crippen molar-refractivity contribution in [2.75, 3.05) is 57.0 Å². The minimum Gasteiger partial charge on any atom is -0.381 e. The number of morpholine rings is 1. The van der Waals surface area contributed by atoms with E-state index in [0.717, 1.165) is 32.4 Å². The molecule has 1 aromatic carbocycles. The molecule has 2 heterocycles. The number of rotatable bonds is 7. The summed E-state index contributed by atoms with van der Waals surface area (Å²) in [6.07, 6.45) is 2.04. The number of anilines is 1. The van der Waals surface area contributed by atoms with Gasteiger partial charge in [-0.15, -0.1) is 0 Å². The average molecular weight is 397 g/mol. The summed E-state index contributed by atoms with van der Waals surface area (Å²) in [4.78, 5) is 15.1. The van der Waals surface area contributed by atoms with Crippen LogP contribution in [0.4, 0.5) is 5.69 Å². The van der Waals surface area contributed by atoms with Crippen LogP contribution in [0, 0.1) is 5.92 Å². The molecule has 2 N–H and O–H groups in total. The van der Waals surface area contributed by atoms with Crippen LogP contribution in [-0.4, -0.2) is 77.6 Å². The van der Waals surface area contributed by atoms with Gasteiger partial charge in [0.1, 0.15) is 0 Å². The highest BCUT2D eigenvalue weighted by Gasteiger charge is 2.32. The number of hydrogen-bond donors (Lipinski definition) is 2. The summed E-state index contributed by atoms with van der Waals surface area (Å²) < 4.78 is 36.5. The number of ether oxygens (including phenoxy) is 2. The largest absolute Gasteiger partial charge is 0.381 e. The van der Waals surface area contributed by atoms with E-state index in [1.165, 1.54) is 0 Å². The number of hydrogen-bond acceptors (Lipinski definition) is 6. The molecule has 2 atom stereocenters. The standard InChI is InChI=1S/C18H27N3O5S/c1-27(23,24)20-16-5-3-2-4-15(16)18(22)19-12-17(14-6-9-26-13-14)21-7-10-25-11-8-21/h2-5,14,17,20H,6-13H2,1H3,(H,19,22). The van der Waals surface area contributed by atoms with Crippen molar-refractivity contribution in [1.82, 2.24) is 10.2 Å². The van der Waals surface area contributed by atoms with Crippen molar-refractivity contribution in [2.24, 2.45) is 5.92 Å². The first-order valence-corrected chi connectivity index (χ1v) is 11.1. The van der Waals surface area contributed by atoms with E-state index in [-0.39, 0.29) is 17.6 Å². The third-order valence-electron chi connectivity index (χ3n) is 4.96. The van der Waals surface area contributed by atoms with Crippen molar-refractivity contribution in [1.29, 1.82) is 0 Å². The molecule has 2 saturated heterocycles. The molecule has 0 spiro atoms. The fraction of sp³-hybridized carbons (Fsp3) is 0.611. The van der Waals surface area contributed by atoms with Crippen molar-refractivity contribution in [3.63, 3.8) is 0 Å². The molecule has 8 nitrogen and oxygen atoms in total. The maximum atomic E-state index is 12.7. The molecule has 2 unspecified atom stereocenters. The zero-order valence-electron chi connectivity index (χ0n) is 15.5. The van der Waals surface area contributed by atoms with Gasteiger partial charge in [0.25, 0.3) is 5.91 Å². The molecule has 0 radical (unpaired) electrons. The second kappa shape index (κ2) is 9.01. The smallest absolute Gasteiger partial charge is 0.253 e. The molecule has 2 aliphatic heterocycles. The van der Waals surface area contributed by atoms with Gasteiger partial charge in [0, 0.05) is 38.2 Å². The summed E-state index contributed by atoms with van der Waals surface area (Å²) in [7, 11) is -3.46. The van der Waals surface area contributed by atoms with Gasteiger partial charge in [-0.3, -0.25) is 14.4 Å². The van der Waals surface area contributed by atoms with E-state index in [0.29, 0.717) is 37.8 Å². The number of nitrogens with one attached hydrogen (secondary N) is 2. The summed E-state index contributed by atoms with van der Waals surface area (Å²) >= 11 is 0. The van der Waals surface area contributed by atoms with E-state index in [1.54, 1.807) is 24.3 Å². The number of para-hydroxylation sites is 1. The number of nitrogens with zero attached hydrogens (tertiary/aromatic N) is 1. The van der Waals surface area contributed by atoms with Crippen LogP contribution in [0.25, 0.3) is 0 Å². The lowest BCUT2D eigenvalue weighted by Crippen LogP contribution is -2.52. The Morgan fingerprint density at radius 3 is 2.63 bits per heavy atom. The summed E-state index contributed by atoms with van der Waals surface area (Å²) in [6.45, 7) is 5.00. The Morgan fingerprint density at radius 1 is 1.22 bits per heavy atom. The first kappa shape index (κ1) is 20.1. The normalized spacial score (nSPS) is 22.3. The maximum Gasteiger partial charge on any atom is 0.253 e. The zero-order chi connectivity index (χ0) is 19.3. The van der Waals surface area contributed by atoms with Crippen molar-refractivity contribution in [3.8, 4) is 0 Å². The summed E-state index contributed by atoms with van der Waals surface area (Å²) in [5.74, 6) is 0.0757. The van der Waals surface area contributed by atoms with E-state index in [1.807, 2.05) is 0 Å². The molecule has 3 rings (SSSR count). The van der Waals surface area contributed by atoms with Crippen molar-refractivity contribution in [3.05, 3.63) is 29.8 Å². The Kier molecular flexibility index (Phi) is 6.69. The molecule has 1 aromatic rings. The van der Waals surface area contributed by atoms with E-state index >= 15 is 0 Å². The van der Waals surface area contributed by atoms with E-state index in [4.69, 9.17) is 9.47 Å². The first-order chi connectivity index (χ1) is 12.9. The fourth-order valence-corrected chi connectivity index (χ4v) is 4.20. The van der Waals surface area contributed by atoms with Crippen LogP contribution in [0.5, 0.6) is 0 Å². The summed E-state index contributed by atoms with van der Waals surface area (Å²) in [5, 5.41) is 2.99. The third-order valence-corrected chi connectivity index (χ3v) is 5.55. The van der Waals surface area contributed by atoms with Crippen molar-refractivity contribution < 1.29 is 22.7 Å². The highest BCUT2D eigenvalue weighted by atomic mass is 32.2. The summed E-state index contributed by atoms with van der Waals surface area (Å²) in [6, 6.07) is 6.78. The maximum absolute atomic E-state index is 12.7. The molecule has 0 aromatic heterocycles. The number of amides is 1. The second-order valence-corrected chi connectivity index (χ2v) is 8.72. The monoisotopic (exact) mass is 397 g/mol. The van der Waals surface area contributed by atoms with E-state index in [2.05, 4.69) is 14.9 Å². The Morgan fingerprint density at radius 2 is 1.96 bits per heavy atom. The highest BCUT2D eigenvalue weighted by Crippen LogP contribution is 2.22. The minimum atomic E-state index is -3.46. The minimum absolute atomic E-state index is 0.176. The lowest BCUT2D eigenvalue weighted by atomic mass is 9.96. The van der Waals surface area contributed by atoms with Gasteiger partial charge in [0.05, 0.1) is 37.3 Å². The second-order valence-electron chi connectivity index (χ2n) is 6.97. The van der Waals surface area contributed by atoms with Gasteiger partial charge in [-0.25, -0.2) is 8.42 Å². The van der Waals surface area contributed by atoms with Crippen LogP contribution < -0.4 is 10.0 Å². The molecular weight excluding hydrogens is 370 g/mol. The van der Waals surface area contributed by atoms with Crippen LogP contribution >= 0.6 is 0 Å². The quantitative estimate of drug-likeness (QED) is 0.697. The number of carbonyl (C=O) groups is 1. The van der Waals surface area contributed by atoms with E-state index < -0.39 is 10.0 Å². The topological polar surface area (TPSA) is 97.0 Å². The molecule has 0 bridgehead atoms. The van der Waals surface area contributed by atoms with Gasteiger partial charge in [-0.05, 0) is 18.6 Å². The zero-order valence-corrected chi connectivity index (χ0v) is 16.3.